The summed E-state index contributed by atoms with van der Waals surface area (Å²) in [5.74, 6) is 2.74. The van der Waals surface area contributed by atoms with Crippen LogP contribution in [0, 0.1) is 13.8 Å². The van der Waals surface area contributed by atoms with Crippen molar-refractivity contribution in [1.29, 1.82) is 0 Å². The number of anilines is 2. The summed E-state index contributed by atoms with van der Waals surface area (Å²) in [5.41, 5.74) is 2.58. The van der Waals surface area contributed by atoms with Gasteiger partial charge in [0.1, 0.15) is 0 Å². The van der Waals surface area contributed by atoms with Crippen molar-refractivity contribution in [3.05, 3.63) is 35.7 Å². The molecular weight excluding hydrogens is 308 g/mol. The van der Waals surface area contributed by atoms with Crippen molar-refractivity contribution in [3.8, 4) is 22.9 Å². The minimum absolute atomic E-state index is 0.393. The van der Waals surface area contributed by atoms with Gasteiger partial charge in [0, 0.05) is 17.0 Å². The van der Waals surface area contributed by atoms with Crippen molar-refractivity contribution in [2.75, 3.05) is 19.5 Å². The van der Waals surface area contributed by atoms with Crippen LogP contribution in [0.2, 0.25) is 0 Å². The Hall–Kier alpha value is -3.16. The van der Waals surface area contributed by atoms with Crippen molar-refractivity contribution in [3.63, 3.8) is 0 Å². The van der Waals surface area contributed by atoms with E-state index >= 15 is 0 Å². The molecule has 8 nitrogen and oxygen atoms in total. The van der Waals surface area contributed by atoms with E-state index in [1.54, 1.807) is 14.2 Å². The maximum atomic E-state index is 5.30. The second-order valence-corrected chi connectivity index (χ2v) is 5.18. The van der Waals surface area contributed by atoms with Crippen LogP contribution in [0.5, 0.6) is 11.5 Å². The summed E-state index contributed by atoms with van der Waals surface area (Å²) in [7, 11) is 3.18. The molecule has 24 heavy (non-hydrogen) atoms. The third-order valence-electron chi connectivity index (χ3n) is 3.35. The Kier molecular flexibility index (Phi) is 4.28. The number of aromatic nitrogens is 5. The number of aromatic amines is 1. The van der Waals surface area contributed by atoms with E-state index in [-0.39, 0.29) is 0 Å². The molecule has 0 fully saturated rings. The van der Waals surface area contributed by atoms with Crippen LogP contribution < -0.4 is 14.8 Å². The van der Waals surface area contributed by atoms with Crippen LogP contribution in [0.15, 0.2) is 24.3 Å². The highest BCUT2D eigenvalue weighted by Gasteiger charge is 2.11. The highest BCUT2D eigenvalue weighted by Crippen LogP contribution is 2.31. The SMILES string of the molecule is COc1ccc(-c2nc(Nc3nc(C)cc(C)n3)n[nH]2)cc1OC. The smallest absolute Gasteiger partial charge is 0.249 e. The van der Waals surface area contributed by atoms with Crippen LogP contribution in [0.3, 0.4) is 0 Å². The third kappa shape index (κ3) is 3.27. The lowest BCUT2D eigenvalue weighted by Crippen LogP contribution is -2.01. The van der Waals surface area contributed by atoms with E-state index in [1.165, 1.54) is 0 Å². The van der Waals surface area contributed by atoms with Gasteiger partial charge in [-0.15, -0.1) is 5.10 Å². The van der Waals surface area contributed by atoms with Gasteiger partial charge in [0.05, 0.1) is 14.2 Å². The van der Waals surface area contributed by atoms with Gasteiger partial charge in [-0.3, -0.25) is 10.4 Å². The number of ether oxygens (including phenoxy) is 2. The van der Waals surface area contributed by atoms with Gasteiger partial charge in [0.25, 0.3) is 0 Å². The molecule has 2 N–H and O–H groups in total. The van der Waals surface area contributed by atoms with E-state index in [2.05, 4.69) is 30.5 Å². The highest BCUT2D eigenvalue weighted by molar-refractivity contribution is 5.62. The molecule has 0 bridgehead atoms. The Balaban J connectivity index is 1.85. The molecule has 2 heterocycles. The standard InChI is InChI=1S/C16H18N6O2/c1-9-7-10(2)18-15(17-9)20-16-19-14(21-22-16)11-5-6-12(23-3)13(8-11)24-4/h5-8H,1-4H3,(H2,17,18,19,20,21,22). The molecule has 0 radical (unpaired) electrons. The Bertz CT molecular complexity index is 841. The van der Waals surface area contributed by atoms with Crippen molar-refractivity contribution in [1.82, 2.24) is 25.1 Å². The van der Waals surface area contributed by atoms with Crippen LogP contribution in [0.4, 0.5) is 11.9 Å². The summed E-state index contributed by atoms with van der Waals surface area (Å²) in [5, 5.41) is 10.0. The fourth-order valence-electron chi connectivity index (χ4n) is 2.31. The van der Waals surface area contributed by atoms with Gasteiger partial charge < -0.3 is 9.47 Å². The van der Waals surface area contributed by atoms with E-state index in [4.69, 9.17) is 9.47 Å². The summed E-state index contributed by atoms with van der Waals surface area (Å²) in [4.78, 5) is 13.0. The molecule has 0 unspecified atom stereocenters. The van der Waals surface area contributed by atoms with Crippen LogP contribution in [-0.2, 0) is 0 Å². The van der Waals surface area contributed by atoms with Crippen LogP contribution >= 0.6 is 0 Å². The molecule has 0 aliphatic carbocycles. The van der Waals surface area contributed by atoms with Crippen LogP contribution in [0.25, 0.3) is 11.4 Å². The van der Waals surface area contributed by atoms with Crippen molar-refractivity contribution < 1.29 is 9.47 Å². The van der Waals surface area contributed by atoms with Crippen molar-refractivity contribution in [2.45, 2.75) is 13.8 Å². The summed E-state index contributed by atoms with van der Waals surface area (Å²) >= 11 is 0. The number of aryl methyl sites for hydroxylation is 2. The van der Waals surface area contributed by atoms with E-state index in [1.807, 2.05) is 38.1 Å². The quantitative estimate of drug-likeness (QED) is 0.743. The topological polar surface area (TPSA) is 97.8 Å². The number of hydrogen-bond donors (Lipinski definition) is 2. The van der Waals surface area contributed by atoms with Crippen molar-refractivity contribution >= 4 is 11.9 Å². The van der Waals surface area contributed by atoms with Crippen LogP contribution in [-0.4, -0.2) is 39.4 Å². The lowest BCUT2D eigenvalue weighted by molar-refractivity contribution is 0.355. The fraction of sp³-hybridized carbons (Fsp3) is 0.250. The summed E-state index contributed by atoms with van der Waals surface area (Å²) < 4.78 is 10.5. The predicted octanol–water partition coefficient (Wildman–Crippen LogP) is 2.64. The summed E-state index contributed by atoms with van der Waals surface area (Å²) in [6.07, 6.45) is 0. The molecule has 0 amide bonds. The summed E-state index contributed by atoms with van der Waals surface area (Å²) in [6.45, 7) is 3.82. The van der Waals surface area contributed by atoms with Gasteiger partial charge in [-0.1, -0.05) is 0 Å². The first kappa shape index (κ1) is 15.7. The lowest BCUT2D eigenvalue weighted by atomic mass is 10.2. The van der Waals surface area contributed by atoms with E-state index in [0.717, 1.165) is 17.0 Å². The number of hydrogen-bond acceptors (Lipinski definition) is 7. The van der Waals surface area contributed by atoms with Crippen LogP contribution in [0.1, 0.15) is 11.4 Å². The van der Waals surface area contributed by atoms with Gasteiger partial charge >= 0.3 is 0 Å². The molecule has 2 aromatic heterocycles. The number of H-pyrrole nitrogens is 1. The number of nitrogens with one attached hydrogen (secondary N) is 2. The molecule has 1 aromatic carbocycles. The minimum atomic E-state index is 0.393. The van der Waals surface area contributed by atoms with Gasteiger partial charge in [-0.25, -0.2) is 9.97 Å². The molecule has 0 atom stereocenters. The Morgan fingerprint density at radius 1 is 0.875 bits per heavy atom. The predicted molar refractivity (Wildman–Crippen MR) is 89.7 cm³/mol. The molecule has 0 saturated carbocycles. The zero-order valence-corrected chi connectivity index (χ0v) is 13.9. The maximum absolute atomic E-state index is 5.30. The van der Waals surface area contributed by atoms with Gasteiger partial charge in [-0.05, 0) is 38.1 Å². The Morgan fingerprint density at radius 2 is 1.58 bits per heavy atom. The molecular formula is C16H18N6O2. The molecule has 0 aliphatic heterocycles. The zero-order valence-electron chi connectivity index (χ0n) is 13.9. The summed E-state index contributed by atoms with van der Waals surface area (Å²) in [6, 6.07) is 7.42. The molecule has 3 rings (SSSR count). The average molecular weight is 326 g/mol. The molecule has 0 saturated heterocycles. The number of nitrogens with zero attached hydrogens (tertiary/aromatic N) is 4. The molecule has 3 aromatic rings. The Morgan fingerprint density at radius 3 is 2.25 bits per heavy atom. The maximum Gasteiger partial charge on any atom is 0.249 e. The monoisotopic (exact) mass is 326 g/mol. The third-order valence-corrected chi connectivity index (χ3v) is 3.35. The normalized spacial score (nSPS) is 10.5. The van der Waals surface area contributed by atoms with Gasteiger partial charge in [-0.2, -0.15) is 4.98 Å². The second-order valence-electron chi connectivity index (χ2n) is 5.18. The average Bonchev–Trinajstić information content (AvgIpc) is 3.01. The molecule has 0 spiro atoms. The van der Waals surface area contributed by atoms with E-state index in [9.17, 15) is 0 Å². The first-order chi connectivity index (χ1) is 11.6. The molecule has 8 heteroatoms. The van der Waals surface area contributed by atoms with E-state index in [0.29, 0.717) is 29.2 Å². The first-order valence-corrected chi connectivity index (χ1v) is 7.33. The van der Waals surface area contributed by atoms with Crippen molar-refractivity contribution in [2.24, 2.45) is 0 Å². The molecule has 124 valence electrons. The number of rotatable bonds is 5. The van der Waals surface area contributed by atoms with E-state index < -0.39 is 0 Å². The largest absolute Gasteiger partial charge is 0.493 e. The van der Waals surface area contributed by atoms with Gasteiger partial charge in [0.2, 0.25) is 11.9 Å². The first-order valence-electron chi connectivity index (χ1n) is 7.33. The number of methoxy groups -OCH3 is 2. The minimum Gasteiger partial charge on any atom is -0.493 e. The fourth-order valence-corrected chi connectivity index (χ4v) is 2.31. The highest BCUT2D eigenvalue weighted by atomic mass is 16.5. The Labute approximate surface area is 139 Å². The second kappa shape index (κ2) is 6.53. The van der Waals surface area contributed by atoms with Gasteiger partial charge in [0.15, 0.2) is 17.3 Å². The number of benzene rings is 1. The zero-order chi connectivity index (χ0) is 17.1. The lowest BCUT2D eigenvalue weighted by Gasteiger charge is -2.07. The molecule has 0 aliphatic rings.